The molecule has 126 valence electrons. The summed E-state index contributed by atoms with van der Waals surface area (Å²) >= 11 is 1.35. The van der Waals surface area contributed by atoms with E-state index in [4.69, 9.17) is 10.9 Å². The van der Waals surface area contributed by atoms with E-state index < -0.39 is 10.0 Å². The summed E-state index contributed by atoms with van der Waals surface area (Å²) in [6.07, 6.45) is 0. The van der Waals surface area contributed by atoms with Gasteiger partial charge in [0.15, 0.2) is 11.0 Å². The monoisotopic (exact) mass is 373 g/mol. The Kier molecular flexibility index (Phi) is 3.49. The number of tetrazole rings is 1. The molecule has 0 bridgehead atoms. The number of nitrogen functional groups attached to an aromatic ring is 1. The Labute approximate surface area is 145 Å². The van der Waals surface area contributed by atoms with Crippen LogP contribution >= 0.6 is 11.3 Å². The second-order valence-electron chi connectivity index (χ2n) is 5.18. The van der Waals surface area contributed by atoms with Crippen LogP contribution in [0.25, 0.3) is 32.7 Å². The van der Waals surface area contributed by atoms with Crippen molar-refractivity contribution in [3.8, 4) is 22.5 Å². The zero-order valence-electron chi connectivity index (χ0n) is 12.5. The van der Waals surface area contributed by atoms with Crippen molar-refractivity contribution in [3.05, 3.63) is 36.4 Å². The SMILES string of the molecule is Nc1nc2c(-c3cccc(S(N)(=O)=O)c3-c3nnn[nH]3)cccc2s1. The Morgan fingerprint density at radius 2 is 1.84 bits per heavy atom. The molecule has 0 aliphatic heterocycles. The van der Waals surface area contributed by atoms with Gasteiger partial charge in [-0.2, -0.15) is 0 Å². The molecule has 4 rings (SSSR count). The summed E-state index contributed by atoms with van der Waals surface area (Å²) < 4.78 is 25.0. The molecule has 0 unspecified atom stereocenters. The van der Waals surface area contributed by atoms with Crippen LogP contribution in [0.15, 0.2) is 41.3 Å². The van der Waals surface area contributed by atoms with Gasteiger partial charge >= 0.3 is 0 Å². The zero-order valence-corrected chi connectivity index (χ0v) is 14.2. The van der Waals surface area contributed by atoms with Crippen molar-refractivity contribution in [2.24, 2.45) is 5.14 Å². The molecule has 2 aromatic carbocycles. The van der Waals surface area contributed by atoms with E-state index in [9.17, 15) is 8.42 Å². The number of aromatic nitrogens is 5. The van der Waals surface area contributed by atoms with Gasteiger partial charge in [0.2, 0.25) is 10.0 Å². The van der Waals surface area contributed by atoms with Gasteiger partial charge in [-0.1, -0.05) is 35.6 Å². The summed E-state index contributed by atoms with van der Waals surface area (Å²) in [5.41, 5.74) is 8.07. The second kappa shape index (κ2) is 5.58. The highest BCUT2D eigenvalue weighted by atomic mass is 32.2. The van der Waals surface area contributed by atoms with Crippen LogP contribution in [0.4, 0.5) is 5.13 Å². The number of thiazole rings is 1. The van der Waals surface area contributed by atoms with Crippen LogP contribution in [-0.2, 0) is 10.0 Å². The lowest BCUT2D eigenvalue weighted by molar-refractivity contribution is 0.598. The van der Waals surface area contributed by atoms with Crippen molar-refractivity contribution >= 4 is 36.7 Å². The topological polar surface area (TPSA) is 154 Å². The lowest BCUT2D eigenvalue weighted by Gasteiger charge is -2.12. The number of H-pyrrole nitrogens is 1. The molecule has 0 saturated heterocycles. The number of anilines is 1. The first-order chi connectivity index (χ1) is 11.9. The summed E-state index contributed by atoms with van der Waals surface area (Å²) in [7, 11) is -4.00. The average Bonchev–Trinajstić information content (AvgIpc) is 3.21. The first-order valence-corrected chi connectivity index (χ1v) is 9.37. The first kappa shape index (κ1) is 15.6. The maximum atomic E-state index is 12.1. The number of hydrogen-bond donors (Lipinski definition) is 3. The van der Waals surface area contributed by atoms with E-state index in [1.807, 2.05) is 18.2 Å². The third kappa shape index (κ3) is 2.63. The number of hydrogen-bond acceptors (Lipinski definition) is 8. The van der Waals surface area contributed by atoms with Crippen LogP contribution in [0.5, 0.6) is 0 Å². The fourth-order valence-electron chi connectivity index (χ4n) is 2.69. The van der Waals surface area contributed by atoms with Crippen molar-refractivity contribution in [2.75, 3.05) is 5.73 Å². The molecule has 0 amide bonds. The third-order valence-corrected chi connectivity index (χ3v) is 5.44. The largest absolute Gasteiger partial charge is 0.375 e. The molecule has 2 aromatic heterocycles. The molecule has 25 heavy (non-hydrogen) atoms. The molecule has 11 heteroatoms. The quantitative estimate of drug-likeness (QED) is 0.490. The normalized spacial score (nSPS) is 11.9. The zero-order chi connectivity index (χ0) is 17.6. The highest BCUT2D eigenvalue weighted by Crippen LogP contribution is 2.39. The van der Waals surface area contributed by atoms with Gasteiger partial charge in [0.25, 0.3) is 0 Å². The molecule has 0 fully saturated rings. The van der Waals surface area contributed by atoms with Crippen molar-refractivity contribution in [1.29, 1.82) is 0 Å². The van der Waals surface area contributed by atoms with Crippen LogP contribution in [0.2, 0.25) is 0 Å². The van der Waals surface area contributed by atoms with Gasteiger partial charge in [-0.3, -0.25) is 0 Å². The summed E-state index contributed by atoms with van der Waals surface area (Å²) in [6, 6.07) is 10.4. The fourth-order valence-corrected chi connectivity index (χ4v) is 4.21. The Balaban J connectivity index is 2.12. The van der Waals surface area contributed by atoms with Gasteiger partial charge in [-0.25, -0.2) is 23.6 Å². The second-order valence-corrected chi connectivity index (χ2v) is 7.77. The van der Waals surface area contributed by atoms with E-state index >= 15 is 0 Å². The van der Waals surface area contributed by atoms with Crippen LogP contribution < -0.4 is 10.9 Å². The lowest BCUT2D eigenvalue weighted by atomic mass is 9.98. The smallest absolute Gasteiger partial charge is 0.238 e. The maximum absolute atomic E-state index is 12.1. The number of para-hydroxylation sites is 1. The molecule has 5 N–H and O–H groups in total. The Morgan fingerprint density at radius 1 is 1.08 bits per heavy atom. The van der Waals surface area contributed by atoms with Gasteiger partial charge in [-0.15, -0.1) is 5.10 Å². The minimum Gasteiger partial charge on any atom is -0.375 e. The summed E-state index contributed by atoms with van der Waals surface area (Å²) in [4.78, 5) is 4.28. The minimum absolute atomic E-state index is 0.0799. The number of fused-ring (bicyclic) bond motifs is 1. The predicted octanol–water partition coefficient (Wildman–Crippen LogP) is 1.37. The number of primary sulfonamides is 1. The number of nitrogens with one attached hydrogen (secondary N) is 1. The number of aromatic amines is 1. The third-order valence-electron chi connectivity index (χ3n) is 3.64. The molecule has 0 atom stereocenters. The number of rotatable bonds is 3. The van der Waals surface area contributed by atoms with E-state index in [1.54, 1.807) is 12.1 Å². The molecule has 0 spiro atoms. The summed E-state index contributed by atoms with van der Waals surface area (Å²) in [6.45, 7) is 0. The standard InChI is InChI=1S/C14H11N7O2S2/c15-14-17-12-8(4-1-5-9(12)24-14)7-3-2-6-10(25(16,22)23)11(7)13-18-20-21-19-13/h1-6H,(H2,15,17)(H2,16,22,23)(H,18,19,20,21). The van der Waals surface area contributed by atoms with Crippen molar-refractivity contribution in [1.82, 2.24) is 25.6 Å². The van der Waals surface area contributed by atoms with Crippen molar-refractivity contribution in [3.63, 3.8) is 0 Å². The lowest BCUT2D eigenvalue weighted by Crippen LogP contribution is -2.14. The van der Waals surface area contributed by atoms with E-state index in [2.05, 4.69) is 25.6 Å². The Bertz CT molecular complexity index is 1180. The molecular weight excluding hydrogens is 362 g/mol. The van der Waals surface area contributed by atoms with E-state index in [1.165, 1.54) is 17.4 Å². The van der Waals surface area contributed by atoms with Crippen LogP contribution in [0.1, 0.15) is 0 Å². The highest BCUT2D eigenvalue weighted by Gasteiger charge is 2.23. The number of nitrogens with two attached hydrogens (primary N) is 2. The molecular formula is C14H11N7O2S2. The number of nitrogens with zero attached hydrogens (tertiary/aromatic N) is 4. The van der Waals surface area contributed by atoms with Crippen LogP contribution in [0.3, 0.4) is 0 Å². The van der Waals surface area contributed by atoms with Crippen LogP contribution in [0, 0.1) is 0 Å². The Hall–Kier alpha value is -2.89. The number of benzene rings is 2. The Morgan fingerprint density at radius 3 is 2.56 bits per heavy atom. The molecule has 0 aliphatic rings. The number of sulfonamides is 1. The van der Waals surface area contributed by atoms with Gasteiger partial charge in [0.1, 0.15) is 0 Å². The average molecular weight is 373 g/mol. The summed E-state index contributed by atoms with van der Waals surface area (Å²) in [5, 5.41) is 19.3. The van der Waals surface area contributed by atoms with E-state index in [0.29, 0.717) is 21.8 Å². The molecule has 0 saturated carbocycles. The van der Waals surface area contributed by atoms with Gasteiger partial charge in [0, 0.05) is 11.1 Å². The van der Waals surface area contributed by atoms with Gasteiger partial charge in [-0.05, 0) is 28.1 Å². The highest BCUT2D eigenvalue weighted by molar-refractivity contribution is 7.89. The molecule has 9 nitrogen and oxygen atoms in total. The molecule has 2 heterocycles. The molecule has 4 aromatic rings. The summed E-state index contributed by atoms with van der Waals surface area (Å²) in [5.74, 6) is 0.194. The predicted molar refractivity (Wildman–Crippen MR) is 94.0 cm³/mol. The fraction of sp³-hybridized carbons (Fsp3) is 0. The molecule has 0 aliphatic carbocycles. The first-order valence-electron chi connectivity index (χ1n) is 7.00. The van der Waals surface area contributed by atoms with Gasteiger partial charge in [0.05, 0.1) is 15.1 Å². The van der Waals surface area contributed by atoms with Crippen molar-refractivity contribution < 1.29 is 8.42 Å². The van der Waals surface area contributed by atoms with E-state index in [0.717, 1.165) is 4.70 Å². The maximum Gasteiger partial charge on any atom is 0.238 e. The van der Waals surface area contributed by atoms with Crippen molar-refractivity contribution in [2.45, 2.75) is 4.90 Å². The van der Waals surface area contributed by atoms with E-state index in [-0.39, 0.29) is 16.3 Å². The van der Waals surface area contributed by atoms with Crippen LogP contribution in [-0.4, -0.2) is 34.0 Å². The molecule has 0 radical (unpaired) electrons. The van der Waals surface area contributed by atoms with Gasteiger partial charge < -0.3 is 5.73 Å². The minimum atomic E-state index is -4.00.